The lowest BCUT2D eigenvalue weighted by Gasteiger charge is -2.10. The van der Waals surface area contributed by atoms with Crippen LogP contribution in [0.5, 0.6) is 0 Å². The van der Waals surface area contributed by atoms with Crippen LogP contribution in [0.4, 0.5) is 0 Å². The Bertz CT molecular complexity index is 810. The smallest absolute Gasteiger partial charge is 0.336 e. The maximum absolute atomic E-state index is 11.3. The summed E-state index contributed by atoms with van der Waals surface area (Å²) in [6, 6.07) is 14.4. The van der Waals surface area contributed by atoms with Crippen molar-refractivity contribution in [3.8, 4) is 11.4 Å². The Morgan fingerprint density at radius 2 is 1.86 bits per heavy atom. The molecule has 0 radical (unpaired) electrons. The molecule has 110 valence electrons. The lowest BCUT2D eigenvalue weighted by molar-refractivity contribution is 0.0695. The van der Waals surface area contributed by atoms with Gasteiger partial charge in [0.2, 0.25) is 0 Å². The summed E-state index contributed by atoms with van der Waals surface area (Å²) in [4.78, 5) is 15.7. The molecule has 0 aliphatic rings. The van der Waals surface area contributed by atoms with Crippen molar-refractivity contribution in [1.82, 2.24) is 9.55 Å². The highest BCUT2D eigenvalue weighted by molar-refractivity contribution is 6.30. The van der Waals surface area contributed by atoms with Crippen LogP contribution in [-0.4, -0.2) is 20.6 Å². The zero-order valence-electron chi connectivity index (χ0n) is 11.6. The summed E-state index contributed by atoms with van der Waals surface area (Å²) in [5.74, 6) is -0.152. The molecule has 1 heterocycles. The fourth-order valence-corrected chi connectivity index (χ4v) is 2.47. The molecule has 0 aliphatic carbocycles. The summed E-state index contributed by atoms with van der Waals surface area (Å²) in [6.07, 6.45) is 3.54. The van der Waals surface area contributed by atoms with Crippen molar-refractivity contribution in [2.45, 2.75) is 6.54 Å². The molecule has 3 rings (SSSR count). The minimum Gasteiger partial charge on any atom is -0.478 e. The molecule has 0 aliphatic heterocycles. The van der Waals surface area contributed by atoms with Gasteiger partial charge in [-0.25, -0.2) is 9.78 Å². The number of hydrogen-bond acceptors (Lipinski definition) is 2. The number of rotatable bonds is 4. The lowest BCUT2D eigenvalue weighted by Crippen LogP contribution is -2.07. The number of carbonyl (C=O) groups is 1. The van der Waals surface area contributed by atoms with Crippen molar-refractivity contribution in [2.75, 3.05) is 0 Å². The zero-order chi connectivity index (χ0) is 15.5. The third-order valence-corrected chi connectivity index (χ3v) is 3.66. The van der Waals surface area contributed by atoms with Gasteiger partial charge in [-0.3, -0.25) is 0 Å². The van der Waals surface area contributed by atoms with Crippen LogP contribution in [0.25, 0.3) is 11.4 Å². The number of benzene rings is 2. The molecule has 0 bridgehead atoms. The summed E-state index contributed by atoms with van der Waals surface area (Å²) in [5.41, 5.74) is 1.98. The van der Waals surface area contributed by atoms with Crippen molar-refractivity contribution in [2.24, 2.45) is 0 Å². The van der Waals surface area contributed by atoms with E-state index >= 15 is 0 Å². The quantitative estimate of drug-likeness (QED) is 0.793. The lowest BCUT2D eigenvalue weighted by atomic mass is 10.1. The SMILES string of the molecule is O=C(O)c1ccccc1Cn1ccnc1-c1ccc(Cl)cc1. The zero-order valence-corrected chi connectivity index (χ0v) is 12.4. The molecule has 0 fully saturated rings. The molecule has 0 saturated heterocycles. The van der Waals surface area contributed by atoms with Gasteiger partial charge in [-0.05, 0) is 35.9 Å². The first-order valence-electron chi connectivity index (χ1n) is 6.73. The second-order valence-electron chi connectivity index (χ2n) is 4.85. The number of hydrogen-bond donors (Lipinski definition) is 1. The van der Waals surface area contributed by atoms with Crippen LogP contribution in [0.3, 0.4) is 0 Å². The highest BCUT2D eigenvalue weighted by Crippen LogP contribution is 2.21. The van der Waals surface area contributed by atoms with Crippen LogP contribution in [0.15, 0.2) is 60.9 Å². The maximum Gasteiger partial charge on any atom is 0.336 e. The van der Waals surface area contributed by atoms with Gasteiger partial charge in [-0.1, -0.05) is 29.8 Å². The van der Waals surface area contributed by atoms with E-state index in [1.165, 1.54) is 0 Å². The standard InChI is InChI=1S/C17H13ClN2O2/c18-14-7-5-12(6-8-14)16-19-9-10-20(16)11-13-3-1-2-4-15(13)17(21)22/h1-10H,11H2,(H,21,22). The Kier molecular flexibility index (Phi) is 3.94. The van der Waals surface area contributed by atoms with Gasteiger partial charge in [0, 0.05) is 29.5 Å². The summed E-state index contributed by atoms with van der Waals surface area (Å²) in [5, 5.41) is 9.94. The average molecular weight is 313 g/mol. The number of aromatic nitrogens is 2. The number of nitrogens with zero attached hydrogens (tertiary/aromatic N) is 2. The Morgan fingerprint density at radius 1 is 1.14 bits per heavy atom. The average Bonchev–Trinajstić information content (AvgIpc) is 2.96. The number of carboxylic acids is 1. The summed E-state index contributed by atoms with van der Waals surface area (Å²) < 4.78 is 1.92. The number of carboxylic acid groups (broad SMARTS) is 1. The van der Waals surface area contributed by atoms with E-state index in [0.29, 0.717) is 17.1 Å². The van der Waals surface area contributed by atoms with Crippen LogP contribution in [0, 0.1) is 0 Å². The van der Waals surface area contributed by atoms with E-state index < -0.39 is 5.97 Å². The van der Waals surface area contributed by atoms with Crippen molar-refractivity contribution in [3.05, 3.63) is 77.1 Å². The number of imidazole rings is 1. The molecule has 22 heavy (non-hydrogen) atoms. The predicted molar refractivity (Wildman–Crippen MR) is 85.2 cm³/mol. The van der Waals surface area contributed by atoms with Gasteiger partial charge in [-0.2, -0.15) is 0 Å². The van der Waals surface area contributed by atoms with Gasteiger partial charge >= 0.3 is 5.97 Å². The van der Waals surface area contributed by atoms with Crippen LogP contribution in [0.2, 0.25) is 5.02 Å². The Morgan fingerprint density at radius 3 is 2.59 bits per heavy atom. The topological polar surface area (TPSA) is 55.1 Å². The number of aromatic carboxylic acids is 1. The van der Waals surface area contributed by atoms with E-state index in [2.05, 4.69) is 4.98 Å². The molecule has 5 heteroatoms. The van der Waals surface area contributed by atoms with Gasteiger partial charge in [-0.15, -0.1) is 0 Å². The molecular formula is C17H13ClN2O2. The molecule has 0 saturated carbocycles. The molecule has 2 aromatic carbocycles. The third kappa shape index (κ3) is 2.87. The van der Waals surface area contributed by atoms with Crippen molar-refractivity contribution in [1.29, 1.82) is 0 Å². The first kappa shape index (κ1) is 14.4. The molecule has 4 nitrogen and oxygen atoms in total. The highest BCUT2D eigenvalue weighted by Gasteiger charge is 2.12. The van der Waals surface area contributed by atoms with E-state index in [1.807, 2.05) is 35.0 Å². The first-order chi connectivity index (χ1) is 10.6. The minimum atomic E-state index is -0.927. The third-order valence-electron chi connectivity index (χ3n) is 3.41. The van der Waals surface area contributed by atoms with E-state index in [0.717, 1.165) is 17.0 Å². The van der Waals surface area contributed by atoms with Crippen LogP contribution in [0.1, 0.15) is 15.9 Å². The minimum absolute atomic E-state index is 0.304. The molecule has 3 aromatic rings. The van der Waals surface area contributed by atoms with E-state index in [1.54, 1.807) is 30.5 Å². The van der Waals surface area contributed by atoms with Gasteiger partial charge in [0.15, 0.2) is 0 Å². The first-order valence-corrected chi connectivity index (χ1v) is 7.11. The predicted octanol–water partition coefficient (Wildman–Crippen LogP) is 3.95. The molecular weight excluding hydrogens is 300 g/mol. The van der Waals surface area contributed by atoms with Crippen molar-refractivity contribution >= 4 is 17.6 Å². The summed E-state index contributed by atoms with van der Waals surface area (Å²) >= 11 is 5.91. The van der Waals surface area contributed by atoms with Gasteiger partial charge < -0.3 is 9.67 Å². The Labute approximate surface area is 132 Å². The fourth-order valence-electron chi connectivity index (χ4n) is 2.35. The van der Waals surface area contributed by atoms with Crippen LogP contribution >= 0.6 is 11.6 Å². The van der Waals surface area contributed by atoms with E-state index in [9.17, 15) is 9.90 Å². The summed E-state index contributed by atoms with van der Waals surface area (Å²) in [6.45, 7) is 0.445. The Balaban J connectivity index is 1.97. The molecule has 1 aromatic heterocycles. The monoisotopic (exact) mass is 312 g/mol. The molecule has 0 spiro atoms. The normalized spacial score (nSPS) is 10.6. The van der Waals surface area contributed by atoms with Gasteiger partial charge in [0.1, 0.15) is 5.82 Å². The molecule has 0 unspecified atom stereocenters. The Hall–Kier alpha value is -2.59. The summed E-state index contributed by atoms with van der Waals surface area (Å²) in [7, 11) is 0. The number of halogens is 1. The van der Waals surface area contributed by atoms with Crippen LogP contribution < -0.4 is 0 Å². The molecule has 0 amide bonds. The van der Waals surface area contributed by atoms with Gasteiger partial charge in [0.05, 0.1) is 5.56 Å². The van der Waals surface area contributed by atoms with Crippen LogP contribution in [-0.2, 0) is 6.54 Å². The second kappa shape index (κ2) is 6.03. The molecule has 1 N–H and O–H groups in total. The van der Waals surface area contributed by atoms with E-state index in [4.69, 9.17) is 11.6 Å². The fraction of sp³-hybridized carbons (Fsp3) is 0.0588. The molecule has 0 atom stereocenters. The maximum atomic E-state index is 11.3. The van der Waals surface area contributed by atoms with E-state index in [-0.39, 0.29) is 0 Å². The van der Waals surface area contributed by atoms with Crippen molar-refractivity contribution < 1.29 is 9.90 Å². The van der Waals surface area contributed by atoms with Gasteiger partial charge in [0.25, 0.3) is 0 Å². The second-order valence-corrected chi connectivity index (χ2v) is 5.28. The van der Waals surface area contributed by atoms with Crippen molar-refractivity contribution in [3.63, 3.8) is 0 Å². The highest BCUT2D eigenvalue weighted by atomic mass is 35.5. The largest absolute Gasteiger partial charge is 0.478 e.